The van der Waals surface area contributed by atoms with Crippen molar-refractivity contribution in [2.24, 2.45) is 0 Å². The second kappa shape index (κ2) is 4.94. The van der Waals surface area contributed by atoms with Gasteiger partial charge in [0.05, 0.1) is 6.61 Å². The average molecular weight is 184 g/mol. The molecule has 0 saturated heterocycles. The molecule has 2 N–H and O–H groups in total. The highest BCUT2D eigenvalue weighted by molar-refractivity contribution is 5.24. The van der Waals surface area contributed by atoms with E-state index >= 15 is 0 Å². The monoisotopic (exact) mass is 184 g/mol. The standard InChI is InChI=1S/C10H13FO2/c11-10-6-8(7-13)3-4-9(10)2-1-5-12/h3-4,6,12-13H,1-2,5,7H2. The Morgan fingerprint density at radius 1 is 1.23 bits per heavy atom. The van der Waals surface area contributed by atoms with E-state index in [2.05, 4.69) is 0 Å². The number of halogens is 1. The largest absolute Gasteiger partial charge is 0.396 e. The minimum Gasteiger partial charge on any atom is -0.396 e. The van der Waals surface area contributed by atoms with Gasteiger partial charge in [0.1, 0.15) is 5.82 Å². The van der Waals surface area contributed by atoms with Gasteiger partial charge < -0.3 is 10.2 Å². The molecule has 0 aromatic heterocycles. The maximum Gasteiger partial charge on any atom is 0.126 e. The Labute approximate surface area is 76.6 Å². The molecule has 0 spiro atoms. The quantitative estimate of drug-likeness (QED) is 0.739. The number of benzene rings is 1. The zero-order valence-electron chi connectivity index (χ0n) is 7.33. The highest BCUT2D eigenvalue weighted by atomic mass is 19.1. The Kier molecular flexibility index (Phi) is 3.86. The third-order valence-corrected chi connectivity index (χ3v) is 1.90. The van der Waals surface area contributed by atoms with E-state index in [0.29, 0.717) is 24.0 Å². The summed E-state index contributed by atoms with van der Waals surface area (Å²) >= 11 is 0. The van der Waals surface area contributed by atoms with Crippen LogP contribution in [-0.4, -0.2) is 16.8 Å². The Hall–Kier alpha value is -0.930. The lowest BCUT2D eigenvalue weighted by molar-refractivity contribution is 0.280. The van der Waals surface area contributed by atoms with E-state index in [-0.39, 0.29) is 19.0 Å². The highest BCUT2D eigenvalue weighted by Crippen LogP contribution is 2.12. The lowest BCUT2D eigenvalue weighted by Gasteiger charge is -2.03. The van der Waals surface area contributed by atoms with Gasteiger partial charge in [0.15, 0.2) is 0 Å². The van der Waals surface area contributed by atoms with Crippen LogP contribution in [0.4, 0.5) is 4.39 Å². The summed E-state index contributed by atoms with van der Waals surface area (Å²) in [5.74, 6) is -0.306. The molecule has 0 aliphatic heterocycles. The van der Waals surface area contributed by atoms with E-state index < -0.39 is 0 Å². The van der Waals surface area contributed by atoms with Gasteiger partial charge in [0.25, 0.3) is 0 Å². The number of hydrogen-bond acceptors (Lipinski definition) is 2. The van der Waals surface area contributed by atoms with Crippen LogP contribution in [0.25, 0.3) is 0 Å². The molecule has 0 saturated carbocycles. The topological polar surface area (TPSA) is 40.5 Å². The van der Waals surface area contributed by atoms with Gasteiger partial charge in [-0.15, -0.1) is 0 Å². The van der Waals surface area contributed by atoms with Crippen molar-refractivity contribution in [3.63, 3.8) is 0 Å². The van der Waals surface area contributed by atoms with Gasteiger partial charge in [-0.1, -0.05) is 12.1 Å². The summed E-state index contributed by atoms with van der Waals surface area (Å²) in [5.41, 5.74) is 1.16. The minimum absolute atomic E-state index is 0.0706. The first-order valence-electron chi connectivity index (χ1n) is 4.27. The van der Waals surface area contributed by atoms with Crippen LogP contribution >= 0.6 is 0 Å². The van der Waals surface area contributed by atoms with Crippen LogP contribution in [0.1, 0.15) is 17.5 Å². The fourth-order valence-corrected chi connectivity index (χ4v) is 1.16. The molecule has 0 aliphatic rings. The molecule has 0 heterocycles. The van der Waals surface area contributed by atoms with Gasteiger partial charge >= 0.3 is 0 Å². The van der Waals surface area contributed by atoms with E-state index in [9.17, 15) is 4.39 Å². The van der Waals surface area contributed by atoms with Crippen LogP contribution in [-0.2, 0) is 13.0 Å². The van der Waals surface area contributed by atoms with Gasteiger partial charge in [-0.3, -0.25) is 0 Å². The molecule has 0 unspecified atom stereocenters. The first kappa shape index (κ1) is 10.2. The summed E-state index contributed by atoms with van der Waals surface area (Å²) in [6.07, 6.45) is 1.10. The van der Waals surface area contributed by atoms with E-state index in [1.165, 1.54) is 6.07 Å². The van der Waals surface area contributed by atoms with Crippen LogP contribution in [0.2, 0.25) is 0 Å². The van der Waals surface area contributed by atoms with Gasteiger partial charge in [0.2, 0.25) is 0 Å². The summed E-state index contributed by atoms with van der Waals surface area (Å²) in [7, 11) is 0. The molecule has 72 valence electrons. The molecule has 0 radical (unpaired) electrons. The summed E-state index contributed by atoms with van der Waals surface area (Å²) in [6.45, 7) is -0.0710. The second-order valence-corrected chi connectivity index (χ2v) is 2.91. The van der Waals surface area contributed by atoms with Crippen molar-refractivity contribution in [3.8, 4) is 0 Å². The molecule has 0 aliphatic carbocycles. The molecule has 0 fully saturated rings. The van der Waals surface area contributed by atoms with E-state index in [1.807, 2.05) is 0 Å². The van der Waals surface area contributed by atoms with Crippen LogP contribution < -0.4 is 0 Å². The zero-order chi connectivity index (χ0) is 9.68. The average Bonchev–Trinajstić information content (AvgIpc) is 2.16. The predicted molar refractivity (Wildman–Crippen MR) is 47.7 cm³/mol. The maximum atomic E-state index is 13.2. The number of hydrogen-bond donors (Lipinski definition) is 2. The molecule has 1 rings (SSSR count). The second-order valence-electron chi connectivity index (χ2n) is 2.91. The van der Waals surface area contributed by atoms with Crippen LogP contribution in [0.3, 0.4) is 0 Å². The van der Waals surface area contributed by atoms with Crippen molar-refractivity contribution in [1.82, 2.24) is 0 Å². The molecule has 3 heteroatoms. The molecule has 0 atom stereocenters. The van der Waals surface area contributed by atoms with Gasteiger partial charge in [-0.25, -0.2) is 4.39 Å². The lowest BCUT2D eigenvalue weighted by atomic mass is 10.1. The van der Waals surface area contributed by atoms with Crippen molar-refractivity contribution in [3.05, 3.63) is 35.1 Å². The molecule has 0 bridgehead atoms. The summed E-state index contributed by atoms with van der Waals surface area (Å²) in [4.78, 5) is 0. The summed E-state index contributed by atoms with van der Waals surface area (Å²) < 4.78 is 13.2. The lowest BCUT2D eigenvalue weighted by Crippen LogP contribution is -1.95. The number of aryl methyl sites for hydroxylation is 1. The van der Waals surface area contributed by atoms with Crippen molar-refractivity contribution in [2.75, 3.05) is 6.61 Å². The molecular weight excluding hydrogens is 171 g/mol. The number of rotatable bonds is 4. The normalized spacial score (nSPS) is 10.4. The van der Waals surface area contributed by atoms with Gasteiger partial charge in [0, 0.05) is 6.61 Å². The maximum absolute atomic E-state index is 13.2. The van der Waals surface area contributed by atoms with E-state index in [0.717, 1.165) is 0 Å². The molecule has 1 aromatic carbocycles. The predicted octanol–water partition coefficient (Wildman–Crippen LogP) is 1.24. The molecule has 13 heavy (non-hydrogen) atoms. The van der Waals surface area contributed by atoms with Crippen molar-refractivity contribution in [1.29, 1.82) is 0 Å². The first-order chi connectivity index (χ1) is 6.27. The van der Waals surface area contributed by atoms with Crippen LogP contribution in [0.15, 0.2) is 18.2 Å². The fraction of sp³-hybridized carbons (Fsp3) is 0.400. The van der Waals surface area contributed by atoms with E-state index in [4.69, 9.17) is 10.2 Å². The summed E-state index contributed by atoms with van der Waals surface area (Å²) in [5, 5.41) is 17.3. The Morgan fingerprint density at radius 2 is 2.00 bits per heavy atom. The third kappa shape index (κ3) is 2.79. The van der Waals surface area contributed by atoms with Crippen LogP contribution in [0.5, 0.6) is 0 Å². The number of aliphatic hydroxyl groups is 2. The van der Waals surface area contributed by atoms with Crippen molar-refractivity contribution >= 4 is 0 Å². The third-order valence-electron chi connectivity index (χ3n) is 1.90. The molecular formula is C10H13FO2. The highest BCUT2D eigenvalue weighted by Gasteiger charge is 2.02. The van der Waals surface area contributed by atoms with Gasteiger partial charge in [-0.05, 0) is 30.0 Å². The molecule has 1 aromatic rings. The van der Waals surface area contributed by atoms with Crippen molar-refractivity contribution < 1.29 is 14.6 Å². The van der Waals surface area contributed by atoms with Crippen molar-refractivity contribution in [2.45, 2.75) is 19.4 Å². The van der Waals surface area contributed by atoms with E-state index in [1.54, 1.807) is 12.1 Å². The van der Waals surface area contributed by atoms with Crippen LogP contribution in [0, 0.1) is 5.82 Å². The first-order valence-corrected chi connectivity index (χ1v) is 4.27. The number of aliphatic hydroxyl groups excluding tert-OH is 2. The Balaban J connectivity index is 2.73. The smallest absolute Gasteiger partial charge is 0.126 e. The fourth-order valence-electron chi connectivity index (χ4n) is 1.16. The Morgan fingerprint density at radius 3 is 2.54 bits per heavy atom. The molecule has 2 nitrogen and oxygen atoms in total. The molecule has 0 amide bonds. The Bertz CT molecular complexity index is 274. The SMILES string of the molecule is OCCCc1ccc(CO)cc1F. The minimum atomic E-state index is -0.306. The summed E-state index contributed by atoms with van der Waals surface area (Å²) in [6, 6.07) is 4.67. The zero-order valence-corrected chi connectivity index (χ0v) is 7.33. The van der Waals surface area contributed by atoms with Gasteiger partial charge in [-0.2, -0.15) is 0 Å².